The van der Waals surface area contributed by atoms with E-state index in [2.05, 4.69) is 38.5 Å². The number of rotatable bonds is 8. The first-order valence-corrected chi connectivity index (χ1v) is 10.5. The van der Waals surface area contributed by atoms with Gasteiger partial charge in [0, 0.05) is 13.5 Å². The van der Waals surface area contributed by atoms with E-state index in [1.54, 1.807) is 11.6 Å². The molecular formula is C25H31N3O4. The van der Waals surface area contributed by atoms with Crippen LogP contribution in [0.1, 0.15) is 57.1 Å². The van der Waals surface area contributed by atoms with Crippen molar-refractivity contribution in [3.05, 3.63) is 65.5 Å². The number of carbonyl (C=O) groups is 1. The second kappa shape index (κ2) is 10.7. The van der Waals surface area contributed by atoms with Crippen LogP contribution in [0.4, 0.5) is 4.79 Å². The molecule has 0 N–H and O–H groups in total. The van der Waals surface area contributed by atoms with Crippen LogP contribution in [0.25, 0.3) is 11.3 Å². The lowest BCUT2D eigenvalue weighted by molar-refractivity contribution is -0.0648. The van der Waals surface area contributed by atoms with Crippen LogP contribution in [0, 0.1) is 18.3 Å². The number of benzene rings is 1. The zero-order valence-electron chi connectivity index (χ0n) is 19.6. The van der Waals surface area contributed by atoms with Crippen LogP contribution in [-0.2, 0) is 26.2 Å². The first-order valence-electron chi connectivity index (χ1n) is 10.5. The Kier molecular flexibility index (Phi) is 8.25. The SMILES string of the molecule is C=CCOC(=O)OC(C)O/C(=C(/C#N)c1ccc(C(C)(C)C)cc1)c1cc(C)nn1CC. The van der Waals surface area contributed by atoms with Gasteiger partial charge in [0.05, 0.1) is 5.69 Å². The van der Waals surface area contributed by atoms with Crippen molar-refractivity contribution in [2.45, 2.75) is 59.8 Å². The van der Waals surface area contributed by atoms with E-state index >= 15 is 0 Å². The van der Waals surface area contributed by atoms with E-state index in [0.29, 0.717) is 23.4 Å². The van der Waals surface area contributed by atoms with Gasteiger partial charge in [-0.1, -0.05) is 57.7 Å². The molecule has 0 radical (unpaired) electrons. The highest BCUT2D eigenvalue weighted by Crippen LogP contribution is 2.31. The highest BCUT2D eigenvalue weighted by Gasteiger charge is 2.23. The fraction of sp³-hybridized carbons (Fsp3) is 0.400. The van der Waals surface area contributed by atoms with Crippen LogP contribution in [0.3, 0.4) is 0 Å². The molecule has 170 valence electrons. The third kappa shape index (κ3) is 6.24. The molecule has 0 saturated carbocycles. The Morgan fingerprint density at radius 3 is 2.47 bits per heavy atom. The molecule has 0 bridgehead atoms. The third-order valence-electron chi connectivity index (χ3n) is 4.68. The van der Waals surface area contributed by atoms with Crippen molar-refractivity contribution in [1.82, 2.24) is 9.78 Å². The number of carbonyl (C=O) groups excluding carboxylic acids is 1. The summed E-state index contributed by atoms with van der Waals surface area (Å²) in [6.45, 7) is 15.9. The summed E-state index contributed by atoms with van der Waals surface area (Å²) in [6, 6.07) is 11.9. The molecule has 2 rings (SSSR count). The Bertz CT molecular complexity index is 1020. The minimum atomic E-state index is -1.000. The van der Waals surface area contributed by atoms with E-state index in [9.17, 15) is 10.1 Å². The lowest BCUT2D eigenvalue weighted by Gasteiger charge is -2.21. The first kappa shape index (κ1) is 24.7. The molecule has 7 nitrogen and oxygen atoms in total. The third-order valence-corrected chi connectivity index (χ3v) is 4.68. The summed E-state index contributed by atoms with van der Waals surface area (Å²) in [7, 11) is 0. The molecule has 1 aromatic heterocycles. The number of aromatic nitrogens is 2. The number of nitrogens with zero attached hydrogens (tertiary/aromatic N) is 3. The summed E-state index contributed by atoms with van der Waals surface area (Å²) in [4.78, 5) is 11.8. The highest BCUT2D eigenvalue weighted by atomic mass is 16.8. The van der Waals surface area contributed by atoms with E-state index in [1.165, 1.54) is 6.08 Å². The molecule has 0 aliphatic carbocycles. The quantitative estimate of drug-likeness (QED) is 0.176. The lowest BCUT2D eigenvalue weighted by Crippen LogP contribution is -2.20. The van der Waals surface area contributed by atoms with Crippen molar-refractivity contribution in [1.29, 1.82) is 5.26 Å². The second-order valence-corrected chi connectivity index (χ2v) is 8.28. The van der Waals surface area contributed by atoms with Gasteiger partial charge in [-0.15, -0.1) is 0 Å². The Balaban J connectivity index is 2.52. The fourth-order valence-electron chi connectivity index (χ4n) is 3.09. The van der Waals surface area contributed by atoms with E-state index in [0.717, 1.165) is 11.3 Å². The van der Waals surface area contributed by atoms with Gasteiger partial charge in [0.25, 0.3) is 0 Å². The largest absolute Gasteiger partial charge is 0.511 e. The van der Waals surface area contributed by atoms with Gasteiger partial charge in [-0.2, -0.15) is 10.4 Å². The number of allylic oxidation sites excluding steroid dienone is 1. The van der Waals surface area contributed by atoms with Crippen molar-refractivity contribution in [2.75, 3.05) is 6.61 Å². The summed E-state index contributed by atoms with van der Waals surface area (Å²) in [5.41, 5.74) is 3.55. The normalized spacial score (nSPS) is 12.9. The fourth-order valence-corrected chi connectivity index (χ4v) is 3.09. The molecule has 0 saturated heterocycles. The number of hydrogen-bond acceptors (Lipinski definition) is 6. The summed E-state index contributed by atoms with van der Waals surface area (Å²) in [5.74, 6) is 0.280. The van der Waals surface area contributed by atoms with Crippen molar-refractivity contribution in [2.24, 2.45) is 0 Å². The predicted octanol–water partition coefficient (Wildman–Crippen LogP) is 5.60. The van der Waals surface area contributed by atoms with Crippen molar-refractivity contribution in [3.63, 3.8) is 0 Å². The van der Waals surface area contributed by atoms with E-state index in [1.807, 2.05) is 44.2 Å². The van der Waals surface area contributed by atoms with Gasteiger partial charge in [0.2, 0.25) is 6.29 Å². The zero-order valence-corrected chi connectivity index (χ0v) is 19.6. The lowest BCUT2D eigenvalue weighted by atomic mass is 9.86. The maximum absolute atomic E-state index is 11.8. The number of nitriles is 1. The van der Waals surface area contributed by atoms with Gasteiger partial charge in [0.15, 0.2) is 5.76 Å². The molecule has 7 heteroatoms. The topological polar surface area (TPSA) is 86.4 Å². The molecule has 32 heavy (non-hydrogen) atoms. The Labute approximate surface area is 189 Å². The molecular weight excluding hydrogens is 406 g/mol. The van der Waals surface area contributed by atoms with E-state index in [4.69, 9.17) is 14.2 Å². The molecule has 1 unspecified atom stereocenters. The average molecular weight is 438 g/mol. The monoisotopic (exact) mass is 437 g/mol. The van der Waals surface area contributed by atoms with Crippen LogP contribution in [0.15, 0.2) is 43.0 Å². The number of hydrogen-bond donors (Lipinski definition) is 0. The molecule has 2 aromatic rings. The predicted molar refractivity (Wildman–Crippen MR) is 123 cm³/mol. The summed E-state index contributed by atoms with van der Waals surface area (Å²) >= 11 is 0. The van der Waals surface area contributed by atoms with Gasteiger partial charge >= 0.3 is 6.16 Å². The standard InChI is InChI=1S/C25H31N3O4/c1-8-14-30-24(29)32-18(4)31-23(22-15-17(3)27-28(22)9-2)21(16-26)19-10-12-20(13-11-19)25(5,6)7/h8,10-13,15,18H,1,9,14H2,2-7H3/b23-21-. The minimum absolute atomic E-state index is 0.0134. The Morgan fingerprint density at radius 2 is 1.94 bits per heavy atom. The van der Waals surface area contributed by atoms with Crippen LogP contribution in [-0.4, -0.2) is 28.8 Å². The van der Waals surface area contributed by atoms with E-state index < -0.39 is 12.4 Å². The number of ether oxygens (including phenoxy) is 3. The van der Waals surface area contributed by atoms with Crippen molar-refractivity contribution in [3.8, 4) is 6.07 Å². The molecule has 1 aromatic carbocycles. The average Bonchev–Trinajstić information content (AvgIpc) is 3.12. The van der Waals surface area contributed by atoms with Crippen LogP contribution < -0.4 is 0 Å². The van der Waals surface area contributed by atoms with Gasteiger partial charge < -0.3 is 14.2 Å². The molecule has 1 atom stereocenters. The summed E-state index contributed by atoms with van der Waals surface area (Å²) < 4.78 is 17.8. The second-order valence-electron chi connectivity index (χ2n) is 8.28. The minimum Gasteiger partial charge on any atom is -0.451 e. The van der Waals surface area contributed by atoms with Crippen LogP contribution >= 0.6 is 0 Å². The van der Waals surface area contributed by atoms with Gasteiger partial charge in [-0.05, 0) is 36.5 Å². The molecule has 0 aliphatic heterocycles. The summed E-state index contributed by atoms with van der Waals surface area (Å²) in [5, 5.41) is 14.5. The highest BCUT2D eigenvalue weighted by molar-refractivity contribution is 5.94. The maximum Gasteiger partial charge on any atom is 0.511 e. The Hall–Kier alpha value is -3.53. The van der Waals surface area contributed by atoms with Gasteiger partial charge in [0.1, 0.15) is 23.9 Å². The molecule has 1 heterocycles. The van der Waals surface area contributed by atoms with Crippen LogP contribution in [0.5, 0.6) is 0 Å². The molecule has 0 amide bonds. The van der Waals surface area contributed by atoms with E-state index in [-0.39, 0.29) is 17.8 Å². The zero-order chi connectivity index (χ0) is 23.9. The van der Waals surface area contributed by atoms with Crippen LogP contribution in [0.2, 0.25) is 0 Å². The Morgan fingerprint density at radius 1 is 1.28 bits per heavy atom. The van der Waals surface area contributed by atoms with Crippen molar-refractivity contribution >= 4 is 17.5 Å². The smallest absolute Gasteiger partial charge is 0.451 e. The molecule has 0 fully saturated rings. The van der Waals surface area contributed by atoms with Gasteiger partial charge in [-0.25, -0.2) is 4.79 Å². The first-order chi connectivity index (χ1) is 15.1. The summed E-state index contributed by atoms with van der Waals surface area (Å²) in [6.07, 6.45) is -0.444. The molecule has 0 spiro atoms. The van der Waals surface area contributed by atoms with Gasteiger partial charge in [-0.3, -0.25) is 4.68 Å². The molecule has 0 aliphatic rings. The van der Waals surface area contributed by atoms with Crippen molar-refractivity contribution < 1.29 is 19.0 Å². The number of aryl methyl sites for hydroxylation is 2. The maximum atomic E-state index is 11.8.